The lowest BCUT2D eigenvalue weighted by Crippen LogP contribution is -2.49. The van der Waals surface area contributed by atoms with Crippen molar-refractivity contribution < 1.29 is 23.1 Å². The average Bonchev–Trinajstić information content (AvgIpc) is 2.95. The van der Waals surface area contributed by atoms with Crippen molar-refractivity contribution in [1.29, 1.82) is 0 Å². The molecule has 0 aromatic carbocycles. The van der Waals surface area contributed by atoms with Crippen LogP contribution in [0.2, 0.25) is 6.04 Å². The Morgan fingerprint density at radius 1 is 1.12 bits per heavy atom. The summed E-state index contributed by atoms with van der Waals surface area (Å²) in [6, 6.07) is 0.321. The molecular weight excluding hydrogens is 328 g/mol. The summed E-state index contributed by atoms with van der Waals surface area (Å²) in [4.78, 5) is 4.21. The SMILES string of the molecule is CCO[Si](CC(O)COC(CC)n1ccnc1C)(OCC)OCC. The highest BCUT2D eigenvalue weighted by Gasteiger charge is 2.42. The van der Waals surface area contributed by atoms with Gasteiger partial charge in [0.25, 0.3) is 0 Å². The lowest BCUT2D eigenvalue weighted by atomic mass is 10.4. The molecule has 0 spiro atoms. The molecule has 1 aromatic heterocycles. The average molecular weight is 361 g/mol. The van der Waals surface area contributed by atoms with Crippen molar-refractivity contribution >= 4 is 8.80 Å². The molecule has 0 amide bonds. The minimum absolute atomic E-state index is 0.149. The van der Waals surface area contributed by atoms with E-state index in [2.05, 4.69) is 4.98 Å². The fourth-order valence-corrected chi connectivity index (χ4v) is 5.24. The van der Waals surface area contributed by atoms with E-state index in [0.717, 1.165) is 12.2 Å². The van der Waals surface area contributed by atoms with Crippen molar-refractivity contribution in [3.63, 3.8) is 0 Å². The van der Waals surface area contributed by atoms with Gasteiger partial charge in [-0.2, -0.15) is 0 Å². The highest BCUT2D eigenvalue weighted by molar-refractivity contribution is 6.60. The summed E-state index contributed by atoms with van der Waals surface area (Å²) >= 11 is 0. The van der Waals surface area contributed by atoms with Gasteiger partial charge < -0.3 is 27.7 Å². The molecule has 0 aliphatic rings. The maximum absolute atomic E-state index is 10.4. The summed E-state index contributed by atoms with van der Waals surface area (Å²) in [5, 5.41) is 10.4. The molecule has 2 atom stereocenters. The molecule has 0 saturated heterocycles. The second-order valence-electron chi connectivity index (χ2n) is 5.42. The number of hydrogen-bond donors (Lipinski definition) is 1. The second-order valence-corrected chi connectivity index (χ2v) is 8.06. The number of aliphatic hydroxyl groups is 1. The van der Waals surface area contributed by atoms with Gasteiger partial charge in [-0.25, -0.2) is 4.98 Å². The zero-order valence-electron chi connectivity index (χ0n) is 15.5. The third-order valence-electron chi connectivity index (χ3n) is 3.58. The fraction of sp³-hybridized carbons (Fsp3) is 0.812. The number of aryl methyl sites for hydroxylation is 1. The molecular formula is C16H32N2O5Si. The van der Waals surface area contributed by atoms with Gasteiger partial charge in [0.15, 0.2) is 0 Å². The van der Waals surface area contributed by atoms with Crippen LogP contribution >= 0.6 is 0 Å². The van der Waals surface area contributed by atoms with Gasteiger partial charge in [0.05, 0.1) is 12.7 Å². The van der Waals surface area contributed by atoms with Crippen molar-refractivity contribution in [3.8, 4) is 0 Å². The zero-order valence-corrected chi connectivity index (χ0v) is 16.5. The minimum Gasteiger partial charge on any atom is -0.391 e. The first kappa shape index (κ1) is 21.3. The number of imidazole rings is 1. The van der Waals surface area contributed by atoms with Crippen molar-refractivity contribution in [2.75, 3.05) is 26.4 Å². The van der Waals surface area contributed by atoms with E-state index in [0.29, 0.717) is 25.9 Å². The van der Waals surface area contributed by atoms with Gasteiger partial charge in [0, 0.05) is 38.3 Å². The van der Waals surface area contributed by atoms with E-state index < -0.39 is 14.9 Å². The summed E-state index contributed by atoms with van der Waals surface area (Å²) in [6.45, 7) is 11.3. The highest BCUT2D eigenvalue weighted by Crippen LogP contribution is 2.21. The van der Waals surface area contributed by atoms with Crippen LogP contribution in [0.3, 0.4) is 0 Å². The van der Waals surface area contributed by atoms with Gasteiger partial charge in [-0.05, 0) is 34.1 Å². The molecule has 7 nitrogen and oxygen atoms in total. The second kappa shape index (κ2) is 11.0. The third-order valence-corrected chi connectivity index (χ3v) is 6.74. The minimum atomic E-state index is -2.87. The Bertz CT molecular complexity index is 440. The topological polar surface area (TPSA) is 75.0 Å². The monoisotopic (exact) mass is 360 g/mol. The van der Waals surface area contributed by atoms with Crippen molar-refractivity contribution in [2.45, 2.75) is 59.4 Å². The Kier molecular flexibility index (Phi) is 9.71. The van der Waals surface area contributed by atoms with Crippen LogP contribution in [0.15, 0.2) is 12.4 Å². The summed E-state index contributed by atoms with van der Waals surface area (Å²) in [6.07, 6.45) is 3.56. The quantitative estimate of drug-likeness (QED) is 0.545. The number of hydrogen-bond acceptors (Lipinski definition) is 6. The standard InChI is InChI=1S/C16H32N2O5Si/c1-6-16(18-11-10-17-14(18)5)20-12-15(19)13-24(21-7-2,22-8-3)23-9-4/h10-11,15-16,19H,6-9,12-13H2,1-5H3. The summed E-state index contributed by atoms with van der Waals surface area (Å²) in [5.41, 5.74) is 0. The van der Waals surface area contributed by atoms with E-state index in [1.807, 2.05) is 45.4 Å². The Morgan fingerprint density at radius 2 is 1.71 bits per heavy atom. The summed E-state index contributed by atoms with van der Waals surface area (Å²) in [7, 11) is -2.87. The normalized spacial score (nSPS) is 14.8. The van der Waals surface area contributed by atoms with Crippen LogP contribution in [0, 0.1) is 6.92 Å². The number of rotatable bonds is 13. The van der Waals surface area contributed by atoms with Gasteiger partial charge in [-0.3, -0.25) is 0 Å². The first-order valence-corrected chi connectivity index (χ1v) is 10.7. The van der Waals surface area contributed by atoms with Crippen molar-refractivity contribution in [2.24, 2.45) is 0 Å². The maximum atomic E-state index is 10.4. The predicted octanol–water partition coefficient (Wildman–Crippen LogP) is 2.53. The van der Waals surface area contributed by atoms with Crippen LogP contribution in [0.4, 0.5) is 0 Å². The van der Waals surface area contributed by atoms with Gasteiger partial charge in [-0.1, -0.05) is 6.92 Å². The summed E-state index contributed by atoms with van der Waals surface area (Å²) in [5.74, 6) is 0.887. The summed E-state index contributed by atoms with van der Waals surface area (Å²) < 4.78 is 25.2. The van der Waals surface area contributed by atoms with Crippen LogP contribution < -0.4 is 0 Å². The van der Waals surface area contributed by atoms with Crippen LogP contribution in [0.1, 0.15) is 46.2 Å². The van der Waals surface area contributed by atoms with E-state index in [-0.39, 0.29) is 12.8 Å². The zero-order chi connectivity index (χ0) is 18.0. The predicted molar refractivity (Wildman–Crippen MR) is 93.7 cm³/mol. The largest absolute Gasteiger partial charge is 0.503 e. The molecule has 1 heterocycles. The number of aromatic nitrogens is 2. The highest BCUT2D eigenvalue weighted by atomic mass is 28.4. The Hall–Kier alpha value is -0.773. The molecule has 0 aliphatic carbocycles. The molecule has 0 radical (unpaired) electrons. The van der Waals surface area contributed by atoms with Crippen LogP contribution in [-0.4, -0.2) is 56.0 Å². The molecule has 1 rings (SSSR count). The van der Waals surface area contributed by atoms with Crippen LogP contribution in [-0.2, 0) is 18.0 Å². The Labute approximate surface area is 146 Å². The lowest BCUT2D eigenvalue weighted by Gasteiger charge is -2.30. The number of ether oxygens (including phenoxy) is 1. The molecule has 2 unspecified atom stereocenters. The van der Waals surface area contributed by atoms with Gasteiger partial charge in [0.1, 0.15) is 12.1 Å². The van der Waals surface area contributed by atoms with Crippen molar-refractivity contribution in [3.05, 3.63) is 18.2 Å². The number of aliphatic hydroxyl groups excluding tert-OH is 1. The maximum Gasteiger partial charge on any atom is 0.503 e. The molecule has 0 fully saturated rings. The molecule has 1 aromatic rings. The first-order chi connectivity index (χ1) is 11.5. The van der Waals surface area contributed by atoms with Gasteiger partial charge in [-0.15, -0.1) is 0 Å². The molecule has 0 saturated carbocycles. The van der Waals surface area contributed by atoms with E-state index >= 15 is 0 Å². The van der Waals surface area contributed by atoms with E-state index in [4.69, 9.17) is 18.0 Å². The Morgan fingerprint density at radius 3 is 2.12 bits per heavy atom. The van der Waals surface area contributed by atoms with E-state index in [9.17, 15) is 5.11 Å². The van der Waals surface area contributed by atoms with Crippen molar-refractivity contribution in [1.82, 2.24) is 9.55 Å². The third kappa shape index (κ3) is 6.27. The van der Waals surface area contributed by atoms with Gasteiger partial charge >= 0.3 is 8.80 Å². The molecule has 8 heteroatoms. The molecule has 0 bridgehead atoms. The molecule has 0 aliphatic heterocycles. The van der Waals surface area contributed by atoms with Crippen LogP contribution in [0.5, 0.6) is 0 Å². The fourth-order valence-electron chi connectivity index (χ4n) is 2.62. The lowest BCUT2D eigenvalue weighted by molar-refractivity contribution is -0.0476. The molecule has 1 N–H and O–H groups in total. The van der Waals surface area contributed by atoms with E-state index in [1.54, 1.807) is 6.20 Å². The first-order valence-electron chi connectivity index (χ1n) is 8.72. The van der Waals surface area contributed by atoms with Crippen LogP contribution in [0.25, 0.3) is 0 Å². The van der Waals surface area contributed by atoms with E-state index in [1.165, 1.54) is 0 Å². The Balaban J connectivity index is 2.64. The smallest absolute Gasteiger partial charge is 0.391 e. The number of nitrogens with zero attached hydrogens (tertiary/aromatic N) is 2. The van der Waals surface area contributed by atoms with Gasteiger partial charge in [0.2, 0.25) is 0 Å². The molecule has 24 heavy (non-hydrogen) atoms. The molecule has 140 valence electrons.